The Morgan fingerprint density at radius 1 is 1.08 bits per heavy atom. The molecule has 3 rings (SSSR count). The lowest BCUT2D eigenvalue weighted by atomic mass is 10.1. The van der Waals surface area contributed by atoms with Crippen molar-refractivity contribution in [3.8, 4) is 11.3 Å². The second-order valence-corrected chi connectivity index (χ2v) is 5.49. The van der Waals surface area contributed by atoms with Crippen LogP contribution in [0.25, 0.3) is 11.3 Å². The largest absolute Gasteiger partial charge is 0.322 e. The van der Waals surface area contributed by atoms with E-state index in [9.17, 15) is 9.18 Å². The van der Waals surface area contributed by atoms with Crippen molar-refractivity contribution >= 4 is 11.6 Å². The molecule has 1 amide bonds. The predicted molar refractivity (Wildman–Crippen MR) is 91.3 cm³/mol. The Morgan fingerprint density at radius 2 is 1.92 bits per heavy atom. The number of rotatable bonds is 3. The lowest BCUT2D eigenvalue weighted by Crippen LogP contribution is -2.12. The van der Waals surface area contributed by atoms with Gasteiger partial charge >= 0.3 is 0 Å². The summed E-state index contributed by atoms with van der Waals surface area (Å²) in [7, 11) is 0. The number of carbonyl (C=O) groups is 1. The molecular formula is C19H16FN3O. The van der Waals surface area contributed by atoms with Crippen LogP contribution < -0.4 is 5.32 Å². The predicted octanol–water partition coefficient (Wildman–Crippen LogP) is 4.15. The first-order chi connectivity index (χ1) is 11.5. The maximum Gasteiger partial charge on any atom is 0.255 e. The van der Waals surface area contributed by atoms with E-state index >= 15 is 0 Å². The number of carbonyl (C=O) groups excluding carboxylic acids is 1. The van der Waals surface area contributed by atoms with E-state index in [0.29, 0.717) is 17.1 Å². The number of hydrogen-bond donors (Lipinski definition) is 1. The summed E-state index contributed by atoms with van der Waals surface area (Å²) in [5.41, 5.74) is 3.05. The van der Waals surface area contributed by atoms with Crippen LogP contribution in [0.2, 0.25) is 0 Å². The number of aromatic nitrogens is 2. The summed E-state index contributed by atoms with van der Waals surface area (Å²) in [4.78, 5) is 20.7. The van der Waals surface area contributed by atoms with Gasteiger partial charge in [-0.05, 0) is 49.7 Å². The molecule has 1 aromatic heterocycles. The summed E-state index contributed by atoms with van der Waals surface area (Å²) in [6.45, 7) is 3.48. The molecule has 120 valence electrons. The smallest absolute Gasteiger partial charge is 0.255 e. The molecule has 5 heteroatoms. The van der Waals surface area contributed by atoms with Crippen LogP contribution in [0.3, 0.4) is 0 Å². The fourth-order valence-electron chi connectivity index (χ4n) is 2.31. The third kappa shape index (κ3) is 3.46. The van der Waals surface area contributed by atoms with Crippen molar-refractivity contribution < 1.29 is 9.18 Å². The van der Waals surface area contributed by atoms with Crippen molar-refractivity contribution in [1.29, 1.82) is 0 Å². The third-order valence-corrected chi connectivity index (χ3v) is 3.63. The van der Waals surface area contributed by atoms with Gasteiger partial charge in [-0.3, -0.25) is 4.79 Å². The molecule has 0 fully saturated rings. The number of benzene rings is 2. The highest BCUT2D eigenvalue weighted by molar-refractivity contribution is 6.04. The third-order valence-electron chi connectivity index (χ3n) is 3.63. The molecule has 0 saturated heterocycles. The highest BCUT2D eigenvalue weighted by atomic mass is 19.1. The molecule has 4 nitrogen and oxygen atoms in total. The molecule has 0 aliphatic rings. The van der Waals surface area contributed by atoms with Crippen molar-refractivity contribution in [3.05, 3.63) is 77.5 Å². The van der Waals surface area contributed by atoms with Crippen LogP contribution in [0.4, 0.5) is 10.1 Å². The minimum atomic E-state index is -0.395. The summed E-state index contributed by atoms with van der Waals surface area (Å²) in [5.74, 6) is -0.0742. The van der Waals surface area contributed by atoms with Gasteiger partial charge in [-0.2, -0.15) is 0 Å². The Bertz CT molecular complexity index is 909. The standard InChI is InChI=1S/C19H16FN3O/c1-12-6-7-15(11-17(12)20)19(24)23-16-5-3-4-14(10-16)18-8-9-21-13(2)22-18/h3-11H,1-2H3,(H,23,24). The van der Waals surface area contributed by atoms with E-state index in [0.717, 1.165) is 11.3 Å². The zero-order valence-corrected chi connectivity index (χ0v) is 13.4. The van der Waals surface area contributed by atoms with Gasteiger partial charge in [-0.15, -0.1) is 0 Å². The number of nitrogens with one attached hydrogen (secondary N) is 1. The van der Waals surface area contributed by atoms with Gasteiger partial charge in [-0.25, -0.2) is 14.4 Å². The molecule has 2 aromatic carbocycles. The average Bonchev–Trinajstić information content (AvgIpc) is 2.57. The number of anilines is 1. The van der Waals surface area contributed by atoms with Gasteiger partial charge < -0.3 is 5.32 Å². The van der Waals surface area contributed by atoms with Gasteiger partial charge in [0, 0.05) is 23.0 Å². The second kappa shape index (κ2) is 6.58. The fourth-order valence-corrected chi connectivity index (χ4v) is 2.31. The zero-order chi connectivity index (χ0) is 17.1. The first kappa shape index (κ1) is 15.8. The number of amides is 1. The molecule has 24 heavy (non-hydrogen) atoms. The van der Waals surface area contributed by atoms with E-state index in [1.807, 2.05) is 31.2 Å². The maximum atomic E-state index is 13.6. The van der Waals surface area contributed by atoms with Crippen LogP contribution in [0.1, 0.15) is 21.7 Å². The molecule has 0 aliphatic heterocycles. The summed E-state index contributed by atoms with van der Waals surface area (Å²) < 4.78 is 13.6. The SMILES string of the molecule is Cc1nccc(-c2cccc(NC(=O)c3ccc(C)c(F)c3)c2)n1. The maximum absolute atomic E-state index is 13.6. The second-order valence-electron chi connectivity index (χ2n) is 5.49. The summed E-state index contributed by atoms with van der Waals surface area (Å²) in [6, 6.07) is 13.6. The minimum Gasteiger partial charge on any atom is -0.322 e. The zero-order valence-electron chi connectivity index (χ0n) is 13.4. The molecule has 0 radical (unpaired) electrons. The molecule has 0 unspecified atom stereocenters. The van der Waals surface area contributed by atoms with Gasteiger partial charge in [-0.1, -0.05) is 18.2 Å². The Labute approximate surface area is 139 Å². The quantitative estimate of drug-likeness (QED) is 0.788. The monoisotopic (exact) mass is 321 g/mol. The number of nitrogens with zero attached hydrogens (tertiary/aromatic N) is 2. The average molecular weight is 321 g/mol. The van der Waals surface area contributed by atoms with E-state index in [2.05, 4.69) is 15.3 Å². The van der Waals surface area contributed by atoms with Crippen molar-refractivity contribution in [1.82, 2.24) is 9.97 Å². The Morgan fingerprint density at radius 3 is 2.67 bits per heavy atom. The van der Waals surface area contributed by atoms with Crippen molar-refractivity contribution in [2.24, 2.45) is 0 Å². The number of halogens is 1. The van der Waals surface area contributed by atoms with E-state index in [-0.39, 0.29) is 11.5 Å². The normalized spacial score (nSPS) is 10.5. The molecule has 1 N–H and O–H groups in total. The number of hydrogen-bond acceptors (Lipinski definition) is 3. The van der Waals surface area contributed by atoms with E-state index in [1.54, 1.807) is 31.3 Å². The molecule has 0 aliphatic carbocycles. The van der Waals surface area contributed by atoms with Crippen molar-refractivity contribution in [3.63, 3.8) is 0 Å². The van der Waals surface area contributed by atoms with E-state index in [4.69, 9.17) is 0 Å². The Kier molecular flexibility index (Phi) is 4.33. The topological polar surface area (TPSA) is 54.9 Å². The minimum absolute atomic E-state index is 0.279. The van der Waals surface area contributed by atoms with Crippen LogP contribution in [0.15, 0.2) is 54.7 Å². The fraction of sp³-hybridized carbons (Fsp3) is 0.105. The van der Waals surface area contributed by atoms with Gasteiger partial charge in [0.25, 0.3) is 5.91 Å². The Hall–Kier alpha value is -3.08. The highest BCUT2D eigenvalue weighted by Crippen LogP contribution is 2.21. The molecule has 3 aromatic rings. The van der Waals surface area contributed by atoms with Gasteiger partial charge in [0.05, 0.1) is 5.69 Å². The van der Waals surface area contributed by atoms with Crippen LogP contribution in [0, 0.1) is 19.7 Å². The van der Waals surface area contributed by atoms with Crippen LogP contribution in [-0.4, -0.2) is 15.9 Å². The van der Waals surface area contributed by atoms with E-state index < -0.39 is 5.82 Å². The van der Waals surface area contributed by atoms with Crippen LogP contribution >= 0.6 is 0 Å². The van der Waals surface area contributed by atoms with Crippen molar-refractivity contribution in [2.75, 3.05) is 5.32 Å². The Balaban J connectivity index is 1.84. The number of aryl methyl sites for hydroxylation is 2. The molecular weight excluding hydrogens is 305 g/mol. The lowest BCUT2D eigenvalue weighted by molar-refractivity contribution is 0.102. The van der Waals surface area contributed by atoms with Crippen LogP contribution in [0.5, 0.6) is 0 Å². The molecule has 1 heterocycles. The summed E-state index contributed by atoms with van der Waals surface area (Å²) in [6.07, 6.45) is 1.69. The molecule has 0 saturated carbocycles. The summed E-state index contributed by atoms with van der Waals surface area (Å²) >= 11 is 0. The molecule has 0 atom stereocenters. The lowest BCUT2D eigenvalue weighted by Gasteiger charge is -2.08. The molecule has 0 bridgehead atoms. The van der Waals surface area contributed by atoms with E-state index in [1.165, 1.54) is 6.07 Å². The molecule has 0 spiro atoms. The van der Waals surface area contributed by atoms with Gasteiger partial charge in [0.1, 0.15) is 11.6 Å². The van der Waals surface area contributed by atoms with Gasteiger partial charge in [0.2, 0.25) is 0 Å². The summed E-state index contributed by atoms with van der Waals surface area (Å²) in [5, 5.41) is 2.78. The highest BCUT2D eigenvalue weighted by Gasteiger charge is 2.09. The van der Waals surface area contributed by atoms with Crippen molar-refractivity contribution in [2.45, 2.75) is 13.8 Å². The van der Waals surface area contributed by atoms with Crippen LogP contribution in [-0.2, 0) is 0 Å². The van der Waals surface area contributed by atoms with Gasteiger partial charge in [0.15, 0.2) is 0 Å². The first-order valence-corrected chi connectivity index (χ1v) is 7.50. The first-order valence-electron chi connectivity index (χ1n) is 7.50.